The molecule has 102 valence electrons. The zero-order valence-corrected chi connectivity index (χ0v) is 12.6. The number of hydrogen-bond donors (Lipinski definition) is 1. The molecule has 1 heterocycles. The van der Waals surface area contributed by atoms with Crippen molar-refractivity contribution in [1.82, 2.24) is 9.55 Å². The van der Waals surface area contributed by atoms with E-state index in [1.165, 1.54) is 16.6 Å². The highest BCUT2D eigenvalue weighted by atomic mass is 32.1. The van der Waals surface area contributed by atoms with Gasteiger partial charge in [-0.15, -0.1) is 0 Å². The van der Waals surface area contributed by atoms with Gasteiger partial charge in [-0.25, -0.2) is 0 Å². The molecule has 0 spiro atoms. The lowest BCUT2D eigenvalue weighted by atomic mass is 10.0. The van der Waals surface area contributed by atoms with E-state index in [1.54, 1.807) is 0 Å². The molecule has 0 saturated heterocycles. The fraction of sp³-hybridized carbons (Fsp3) is 0.235. The van der Waals surface area contributed by atoms with Gasteiger partial charge in [-0.1, -0.05) is 49.4 Å². The first-order valence-corrected chi connectivity index (χ1v) is 7.30. The SMILES string of the molecule is Cc1cccc2[nH]c(=S)n(CC(C)c3ccccc3)c12. The van der Waals surface area contributed by atoms with E-state index in [-0.39, 0.29) is 0 Å². The van der Waals surface area contributed by atoms with Crippen molar-refractivity contribution in [1.29, 1.82) is 0 Å². The second kappa shape index (κ2) is 5.25. The van der Waals surface area contributed by atoms with Crippen LogP contribution in [-0.4, -0.2) is 9.55 Å². The van der Waals surface area contributed by atoms with Crippen LogP contribution in [0.5, 0.6) is 0 Å². The molecule has 0 saturated carbocycles. The van der Waals surface area contributed by atoms with Gasteiger partial charge in [0, 0.05) is 6.54 Å². The van der Waals surface area contributed by atoms with Gasteiger partial charge in [0.05, 0.1) is 11.0 Å². The predicted molar refractivity (Wildman–Crippen MR) is 86.7 cm³/mol. The number of hydrogen-bond acceptors (Lipinski definition) is 1. The predicted octanol–water partition coefficient (Wildman–Crippen LogP) is 4.81. The van der Waals surface area contributed by atoms with E-state index in [1.807, 2.05) is 0 Å². The quantitative estimate of drug-likeness (QED) is 0.684. The normalized spacial score (nSPS) is 12.7. The smallest absolute Gasteiger partial charge is 0.178 e. The molecule has 1 unspecified atom stereocenters. The maximum Gasteiger partial charge on any atom is 0.178 e. The molecule has 0 aliphatic heterocycles. The second-order valence-corrected chi connectivity index (χ2v) is 5.71. The fourth-order valence-corrected chi connectivity index (χ4v) is 3.01. The molecule has 1 N–H and O–H groups in total. The summed E-state index contributed by atoms with van der Waals surface area (Å²) in [6.07, 6.45) is 0. The van der Waals surface area contributed by atoms with E-state index >= 15 is 0 Å². The van der Waals surface area contributed by atoms with Crippen LogP contribution in [0.2, 0.25) is 0 Å². The number of para-hydroxylation sites is 1. The van der Waals surface area contributed by atoms with E-state index in [0.29, 0.717) is 5.92 Å². The van der Waals surface area contributed by atoms with E-state index in [2.05, 4.69) is 71.9 Å². The number of fused-ring (bicyclic) bond motifs is 1. The number of aryl methyl sites for hydroxylation is 1. The monoisotopic (exact) mass is 282 g/mol. The molecular weight excluding hydrogens is 264 g/mol. The van der Waals surface area contributed by atoms with Gasteiger partial charge in [-0.3, -0.25) is 0 Å². The Morgan fingerprint density at radius 3 is 2.60 bits per heavy atom. The first kappa shape index (κ1) is 13.1. The van der Waals surface area contributed by atoms with Gasteiger partial charge in [-0.2, -0.15) is 0 Å². The van der Waals surface area contributed by atoms with E-state index < -0.39 is 0 Å². The third-order valence-corrected chi connectivity index (χ3v) is 4.14. The van der Waals surface area contributed by atoms with Gasteiger partial charge < -0.3 is 9.55 Å². The zero-order valence-electron chi connectivity index (χ0n) is 11.8. The Bertz CT molecular complexity index is 784. The molecular formula is C17H18N2S. The van der Waals surface area contributed by atoms with Crippen LogP contribution in [0.15, 0.2) is 48.5 Å². The Kier molecular flexibility index (Phi) is 3.45. The summed E-state index contributed by atoms with van der Waals surface area (Å²) in [4.78, 5) is 3.30. The van der Waals surface area contributed by atoms with Crippen LogP contribution in [0.4, 0.5) is 0 Å². The highest BCUT2D eigenvalue weighted by Gasteiger charge is 2.11. The maximum absolute atomic E-state index is 5.49. The van der Waals surface area contributed by atoms with Gasteiger partial charge in [0.2, 0.25) is 0 Å². The van der Waals surface area contributed by atoms with Gasteiger partial charge in [0.1, 0.15) is 0 Å². The Balaban J connectivity index is 2.03. The Morgan fingerprint density at radius 2 is 1.85 bits per heavy atom. The van der Waals surface area contributed by atoms with Gasteiger partial charge in [-0.05, 0) is 42.3 Å². The molecule has 2 aromatic carbocycles. The summed E-state index contributed by atoms with van der Waals surface area (Å²) in [6, 6.07) is 16.9. The largest absolute Gasteiger partial charge is 0.331 e. The average Bonchev–Trinajstić information content (AvgIpc) is 2.77. The number of aromatic nitrogens is 2. The number of benzene rings is 2. The van der Waals surface area contributed by atoms with Crippen LogP contribution in [-0.2, 0) is 6.54 Å². The summed E-state index contributed by atoms with van der Waals surface area (Å²) in [5.41, 5.74) is 4.95. The number of imidazole rings is 1. The lowest BCUT2D eigenvalue weighted by Crippen LogP contribution is -2.06. The molecule has 20 heavy (non-hydrogen) atoms. The van der Waals surface area contributed by atoms with Crippen LogP contribution in [0.1, 0.15) is 24.0 Å². The summed E-state index contributed by atoms with van der Waals surface area (Å²) in [5.74, 6) is 0.432. The molecule has 0 fully saturated rings. The summed E-state index contributed by atoms with van der Waals surface area (Å²) < 4.78 is 3.02. The second-order valence-electron chi connectivity index (χ2n) is 5.32. The summed E-state index contributed by atoms with van der Waals surface area (Å²) in [7, 11) is 0. The number of nitrogens with one attached hydrogen (secondary N) is 1. The molecule has 1 aromatic heterocycles. The highest BCUT2D eigenvalue weighted by molar-refractivity contribution is 7.71. The molecule has 3 aromatic rings. The zero-order chi connectivity index (χ0) is 14.1. The van der Waals surface area contributed by atoms with Crippen LogP contribution in [0, 0.1) is 11.7 Å². The molecule has 3 rings (SSSR count). The Labute approximate surface area is 124 Å². The molecule has 0 amide bonds. The maximum atomic E-state index is 5.49. The first-order valence-electron chi connectivity index (χ1n) is 6.90. The van der Waals surface area contributed by atoms with Gasteiger partial charge in [0.15, 0.2) is 4.77 Å². The van der Waals surface area contributed by atoms with Crippen molar-refractivity contribution in [2.45, 2.75) is 26.3 Å². The molecule has 0 bridgehead atoms. The number of rotatable bonds is 3. The molecule has 0 radical (unpaired) electrons. The Hall–Kier alpha value is -1.87. The van der Waals surface area contributed by atoms with Crippen molar-refractivity contribution in [2.24, 2.45) is 0 Å². The van der Waals surface area contributed by atoms with E-state index in [9.17, 15) is 0 Å². The third kappa shape index (κ3) is 2.29. The summed E-state index contributed by atoms with van der Waals surface area (Å²) in [6.45, 7) is 5.27. The van der Waals surface area contributed by atoms with Crippen LogP contribution < -0.4 is 0 Å². The fourth-order valence-electron chi connectivity index (χ4n) is 2.74. The highest BCUT2D eigenvalue weighted by Crippen LogP contribution is 2.23. The van der Waals surface area contributed by atoms with Crippen molar-refractivity contribution in [3.05, 3.63) is 64.4 Å². The Morgan fingerprint density at radius 1 is 1.10 bits per heavy atom. The van der Waals surface area contributed by atoms with Gasteiger partial charge in [0.25, 0.3) is 0 Å². The van der Waals surface area contributed by atoms with Crippen molar-refractivity contribution >= 4 is 23.3 Å². The van der Waals surface area contributed by atoms with Gasteiger partial charge >= 0.3 is 0 Å². The molecule has 0 aliphatic rings. The molecule has 2 nitrogen and oxygen atoms in total. The molecule has 3 heteroatoms. The van der Waals surface area contributed by atoms with Crippen molar-refractivity contribution in [3.8, 4) is 0 Å². The topological polar surface area (TPSA) is 20.7 Å². The number of H-pyrrole nitrogens is 1. The van der Waals surface area contributed by atoms with E-state index in [0.717, 1.165) is 16.8 Å². The van der Waals surface area contributed by atoms with Crippen LogP contribution in [0.25, 0.3) is 11.0 Å². The average molecular weight is 282 g/mol. The summed E-state index contributed by atoms with van der Waals surface area (Å²) in [5, 5.41) is 0. The minimum absolute atomic E-state index is 0.432. The van der Waals surface area contributed by atoms with Crippen LogP contribution in [0.3, 0.4) is 0 Å². The third-order valence-electron chi connectivity index (χ3n) is 3.82. The van der Waals surface area contributed by atoms with Crippen LogP contribution >= 0.6 is 12.2 Å². The molecule has 1 atom stereocenters. The minimum Gasteiger partial charge on any atom is -0.331 e. The standard InChI is InChI=1S/C17H18N2S/c1-12-7-6-10-15-16(12)19(17(20)18-15)11-13(2)14-8-4-3-5-9-14/h3-10,13H,11H2,1-2H3,(H,18,20). The molecule has 0 aliphatic carbocycles. The van der Waals surface area contributed by atoms with Crippen molar-refractivity contribution in [3.63, 3.8) is 0 Å². The number of nitrogens with zero attached hydrogens (tertiary/aromatic N) is 1. The van der Waals surface area contributed by atoms with E-state index in [4.69, 9.17) is 12.2 Å². The lowest BCUT2D eigenvalue weighted by Gasteiger charge is -2.14. The van der Waals surface area contributed by atoms with Crippen molar-refractivity contribution < 1.29 is 0 Å². The first-order chi connectivity index (χ1) is 9.66. The minimum atomic E-state index is 0.432. The summed E-state index contributed by atoms with van der Waals surface area (Å²) >= 11 is 5.49. The number of aromatic amines is 1. The lowest BCUT2D eigenvalue weighted by molar-refractivity contribution is 0.604. The van der Waals surface area contributed by atoms with Crippen molar-refractivity contribution in [2.75, 3.05) is 0 Å².